The summed E-state index contributed by atoms with van der Waals surface area (Å²) in [6, 6.07) is 3.20. The van der Waals surface area contributed by atoms with Gasteiger partial charge < -0.3 is 14.4 Å². The average Bonchev–Trinajstić information content (AvgIpc) is 3.41. The van der Waals surface area contributed by atoms with E-state index in [1.165, 1.54) is 4.68 Å². The van der Waals surface area contributed by atoms with Crippen LogP contribution in [-0.4, -0.2) is 73.0 Å². The number of alkyl halides is 1. The molecule has 0 radical (unpaired) electrons. The van der Waals surface area contributed by atoms with Crippen LogP contribution in [0.2, 0.25) is 0 Å². The Balaban J connectivity index is 1.47. The third-order valence-corrected chi connectivity index (χ3v) is 5.34. The van der Waals surface area contributed by atoms with E-state index in [4.69, 9.17) is 0 Å². The maximum atomic E-state index is 14.1. The van der Waals surface area contributed by atoms with Crippen molar-refractivity contribution in [2.75, 3.05) is 19.6 Å². The lowest BCUT2D eigenvalue weighted by Gasteiger charge is -2.24. The van der Waals surface area contributed by atoms with Crippen molar-refractivity contribution in [2.45, 2.75) is 38.0 Å². The summed E-state index contributed by atoms with van der Waals surface area (Å²) in [6.07, 6.45) is 4.60. The average molecular weight is 374 g/mol. The van der Waals surface area contributed by atoms with Gasteiger partial charge in [-0.3, -0.25) is 9.59 Å². The highest BCUT2D eigenvalue weighted by atomic mass is 19.1. The van der Waals surface area contributed by atoms with E-state index in [1.807, 2.05) is 0 Å². The molecule has 2 amide bonds. The van der Waals surface area contributed by atoms with Gasteiger partial charge in [0.2, 0.25) is 0 Å². The largest absolute Gasteiger partial charge is 0.347 e. The summed E-state index contributed by atoms with van der Waals surface area (Å²) >= 11 is 0. The Hall–Kier alpha value is -2.71. The summed E-state index contributed by atoms with van der Waals surface area (Å²) in [5, 5.41) is 8.00. The summed E-state index contributed by atoms with van der Waals surface area (Å²) in [5.74, 6) is -0.314. The molecule has 144 valence electrons. The van der Waals surface area contributed by atoms with Crippen molar-refractivity contribution in [3.8, 4) is 0 Å². The van der Waals surface area contributed by atoms with E-state index in [0.29, 0.717) is 17.9 Å². The van der Waals surface area contributed by atoms with E-state index < -0.39 is 6.17 Å². The standard InChI is InChI=1S/C18H23FN6O2/c1-22-6-4-5-16(22)18(27)25-10-13(19)9-14(25)11-24-12-15(20-21-24)17(26)23-7-2-3-8-23/h4-6,12-14H,2-3,7-11H2,1H3/t13-,14-/m0/s1. The summed E-state index contributed by atoms with van der Waals surface area (Å²) in [4.78, 5) is 28.5. The first-order valence-corrected chi connectivity index (χ1v) is 9.28. The predicted molar refractivity (Wildman–Crippen MR) is 94.9 cm³/mol. The fourth-order valence-electron chi connectivity index (χ4n) is 3.90. The zero-order chi connectivity index (χ0) is 19.0. The Morgan fingerprint density at radius 1 is 1.26 bits per heavy atom. The summed E-state index contributed by atoms with van der Waals surface area (Å²) < 4.78 is 17.3. The molecule has 2 fully saturated rings. The number of carbonyl (C=O) groups is 2. The highest BCUT2D eigenvalue weighted by Crippen LogP contribution is 2.24. The number of amides is 2. The molecule has 2 aromatic rings. The van der Waals surface area contributed by atoms with Crippen molar-refractivity contribution >= 4 is 11.8 Å². The summed E-state index contributed by atoms with van der Waals surface area (Å²) in [6.45, 7) is 1.88. The lowest BCUT2D eigenvalue weighted by molar-refractivity contribution is 0.0704. The minimum Gasteiger partial charge on any atom is -0.347 e. The lowest BCUT2D eigenvalue weighted by Crippen LogP contribution is -2.39. The molecule has 0 aromatic carbocycles. The molecule has 8 nitrogen and oxygen atoms in total. The maximum absolute atomic E-state index is 14.1. The van der Waals surface area contributed by atoms with Gasteiger partial charge in [0.15, 0.2) is 5.69 Å². The van der Waals surface area contributed by atoms with Crippen LogP contribution in [0.4, 0.5) is 4.39 Å². The Kier molecular flexibility index (Phi) is 4.67. The first-order chi connectivity index (χ1) is 13.0. The van der Waals surface area contributed by atoms with Crippen LogP contribution >= 0.6 is 0 Å². The zero-order valence-corrected chi connectivity index (χ0v) is 15.3. The van der Waals surface area contributed by atoms with Crippen LogP contribution in [0, 0.1) is 0 Å². The second-order valence-corrected chi connectivity index (χ2v) is 7.27. The number of halogens is 1. The van der Waals surface area contributed by atoms with Crippen molar-refractivity contribution in [2.24, 2.45) is 7.05 Å². The van der Waals surface area contributed by atoms with E-state index >= 15 is 0 Å². The molecule has 27 heavy (non-hydrogen) atoms. The monoisotopic (exact) mass is 374 g/mol. The molecule has 2 saturated heterocycles. The second kappa shape index (κ2) is 7.13. The van der Waals surface area contributed by atoms with Gasteiger partial charge >= 0.3 is 0 Å². The van der Waals surface area contributed by atoms with Crippen molar-refractivity contribution in [3.05, 3.63) is 35.9 Å². The molecule has 0 aliphatic carbocycles. The van der Waals surface area contributed by atoms with Gasteiger partial charge in [0.1, 0.15) is 11.9 Å². The molecule has 0 spiro atoms. The fourth-order valence-corrected chi connectivity index (χ4v) is 3.90. The van der Waals surface area contributed by atoms with E-state index in [9.17, 15) is 14.0 Å². The van der Waals surface area contributed by atoms with Crippen molar-refractivity contribution in [1.82, 2.24) is 29.4 Å². The Morgan fingerprint density at radius 2 is 2.04 bits per heavy atom. The van der Waals surface area contributed by atoms with Gasteiger partial charge in [0.05, 0.1) is 25.3 Å². The quantitative estimate of drug-likeness (QED) is 0.803. The molecule has 2 aliphatic heterocycles. The van der Waals surface area contributed by atoms with Crippen molar-refractivity contribution < 1.29 is 14.0 Å². The van der Waals surface area contributed by atoms with Crippen LogP contribution in [0.25, 0.3) is 0 Å². The second-order valence-electron chi connectivity index (χ2n) is 7.27. The summed E-state index contributed by atoms with van der Waals surface area (Å²) in [5.41, 5.74) is 0.824. The van der Waals surface area contributed by atoms with Crippen molar-refractivity contribution in [1.29, 1.82) is 0 Å². The molecule has 2 atom stereocenters. The Morgan fingerprint density at radius 3 is 2.74 bits per heavy atom. The van der Waals surface area contributed by atoms with Crippen LogP contribution < -0.4 is 0 Å². The predicted octanol–water partition coefficient (Wildman–Crippen LogP) is 1.11. The first-order valence-electron chi connectivity index (χ1n) is 9.28. The molecule has 0 unspecified atom stereocenters. The number of rotatable bonds is 4. The highest BCUT2D eigenvalue weighted by Gasteiger charge is 2.37. The number of hydrogen-bond acceptors (Lipinski definition) is 4. The van der Waals surface area contributed by atoms with Gasteiger partial charge in [0, 0.05) is 32.8 Å². The van der Waals surface area contributed by atoms with Crippen LogP contribution in [-0.2, 0) is 13.6 Å². The molecule has 0 bridgehead atoms. The van der Waals surface area contributed by atoms with Gasteiger partial charge in [-0.25, -0.2) is 9.07 Å². The van der Waals surface area contributed by atoms with Crippen LogP contribution in [0.1, 0.15) is 40.2 Å². The number of aryl methyl sites for hydroxylation is 1. The van der Waals surface area contributed by atoms with Crippen LogP contribution in [0.5, 0.6) is 0 Å². The normalized spacial score (nSPS) is 22.6. The van der Waals surface area contributed by atoms with Crippen molar-refractivity contribution in [3.63, 3.8) is 0 Å². The van der Waals surface area contributed by atoms with E-state index in [1.54, 1.807) is 45.9 Å². The third-order valence-electron chi connectivity index (χ3n) is 5.34. The van der Waals surface area contributed by atoms with Crippen LogP contribution in [0.3, 0.4) is 0 Å². The smallest absolute Gasteiger partial charge is 0.276 e. The van der Waals surface area contributed by atoms with E-state index in [0.717, 1.165) is 25.9 Å². The number of aromatic nitrogens is 4. The Labute approximate surface area is 156 Å². The number of likely N-dealkylation sites (tertiary alicyclic amines) is 2. The van der Waals surface area contributed by atoms with Gasteiger partial charge in [0.25, 0.3) is 11.8 Å². The molecule has 0 saturated carbocycles. The van der Waals surface area contributed by atoms with Gasteiger partial charge in [-0.1, -0.05) is 5.21 Å². The van der Waals surface area contributed by atoms with Gasteiger partial charge in [-0.05, 0) is 25.0 Å². The van der Waals surface area contributed by atoms with Gasteiger partial charge in [-0.2, -0.15) is 0 Å². The number of nitrogens with zero attached hydrogens (tertiary/aromatic N) is 6. The van der Waals surface area contributed by atoms with E-state index in [-0.39, 0.29) is 30.8 Å². The minimum absolute atomic E-state index is 0.0724. The van der Waals surface area contributed by atoms with E-state index in [2.05, 4.69) is 10.3 Å². The molecular formula is C18H23FN6O2. The fraction of sp³-hybridized carbons (Fsp3) is 0.556. The van der Waals surface area contributed by atoms with Gasteiger partial charge in [-0.15, -0.1) is 5.10 Å². The first kappa shape index (κ1) is 17.7. The maximum Gasteiger partial charge on any atom is 0.276 e. The molecule has 4 rings (SSSR count). The lowest BCUT2D eigenvalue weighted by atomic mass is 10.2. The summed E-state index contributed by atoms with van der Waals surface area (Å²) in [7, 11) is 1.79. The molecule has 2 aromatic heterocycles. The molecule has 0 N–H and O–H groups in total. The number of carbonyl (C=O) groups excluding carboxylic acids is 2. The highest BCUT2D eigenvalue weighted by molar-refractivity contribution is 5.93. The molecular weight excluding hydrogens is 351 g/mol. The number of hydrogen-bond donors (Lipinski definition) is 0. The topological polar surface area (TPSA) is 76.3 Å². The SMILES string of the molecule is Cn1cccc1C(=O)N1C[C@@H](F)C[C@H]1Cn1cc(C(=O)N2CCCC2)nn1. The molecule has 9 heteroatoms. The van der Waals surface area contributed by atoms with Crippen LogP contribution in [0.15, 0.2) is 24.5 Å². The zero-order valence-electron chi connectivity index (χ0n) is 15.3. The minimum atomic E-state index is -1.06. The molecule has 2 aliphatic rings. The Bertz CT molecular complexity index is 841. The molecule has 4 heterocycles. The third kappa shape index (κ3) is 3.45.